The fourth-order valence-electron chi connectivity index (χ4n) is 1.57. The summed E-state index contributed by atoms with van der Waals surface area (Å²) >= 11 is 0. The van der Waals surface area contributed by atoms with Gasteiger partial charge < -0.3 is 5.32 Å². The molecule has 4 heteroatoms. The molecule has 1 aliphatic heterocycles. The molecule has 0 fully saturated rings. The van der Waals surface area contributed by atoms with Crippen LogP contribution in [-0.4, -0.2) is 16.1 Å². The van der Waals surface area contributed by atoms with Gasteiger partial charge in [0.05, 0.1) is 0 Å². The first kappa shape index (κ1) is 8.29. The van der Waals surface area contributed by atoms with E-state index in [-0.39, 0.29) is 5.56 Å². The summed E-state index contributed by atoms with van der Waals surface area (Å²) in [6, 6.07) is 1.64. The van der Waals surface area contributed by atoms with Gasteiger partial charge in [-0.2, -0.15) is 0 Å². The highest BCUT2D eigenvalue weighted by Gasteiger charge is 2.12. The van der Waals surface area contributed by atoms with Crippen LogP contribution >= 0.6 is 0 Å². The van der Waals surface area contributed by atoms with Crippen molar-refractivity contribution in [1.82, 2.24) is 9.55 Å². The summed E-state index contributed by atoms with van der Waals surface area (Å²) in [5.41, 5.74) is 0.964. The molecule has 2 heterocycles. The van der Waals surface area contributed by atoms with Gasteiger partial charge in [-0.3, -0.25) is 9.36 Å². The van der Waals surface area contributed by atoms with Crippen LogP contribution in [0, 0.1) is 0 Å². The second-order valence-electron chi connectivity index (χ2n) is 3.24. The van der Waals surface area contributed by atoms with Gasteiger partial charge in [0.2, 0.25) is 5.95 Å². The van der Waals surface area contributed by atoms with Crippen LogP contribution in [0.5, 0.6) is 0 Å². The quantitative estimate of drug-likeness (QED) is 0.724. The van der Waals surface area contributed by atoms with Crippen LogP contribution in [0.1, 0.15) is 19.0 Å². The van der Waals surface area contributed by atoms with Crippen LogP contribution in [0.4, 0.5) is 5.95 Å². The van der Waals surface area contributed by atoms with Crippen molar-refractivity contribution in [3.05, 3.63) is 22.1 Å². The summed E-state index contributed by atoms with van der Waals surface area (Å²) in [6.45, 7) is 3.64. The minimum absolute atomic E-state index is 0.0680. The maximum atomic E-state index is 11.5. The number of hydrogen-bond donors (Lipinski definition) is 1. The van der Waals surface area contributed by atoms with E-state index in [1.165, 1.54) is 0 Å². The number of aryl methyl sites for hydroxylation is 1. The molecule has 1 aromatic heterocycles. The molecule has 0 saturated carbocycles. The van der Waals surface area contributed by atoms with Gasteiger partial charge >= 0.3 is 0 Å². The van der Waals surface area contributed by atoms with Crippen LogP contribution in [0.25, 0.3) is 0 Å². The molecule has 1 aliphatic rings. The molecule has 0 amide bonds. The summed E-state index contributed by atoms with van der Waals surface area (Å²) in [5.74, 6) is 0.732. The number of rotatable bonds is 2. The fourth-order valence-corrected chi connectivity index (χ4v) is 1.57. The molecule has 4 nitrogen and oxygen atoms in total. The average Bonchev–Trinajstić information content (AvgIpc) is 2.53. The molecule has 2 rings (SSSR count). The highest BCUT2D eigenvalue weighted by atomic mass is 16.1. The molecule has 0 unspecified atom stereocenters. The molecule has 0 aromatic carbocycles. The Balaban J connectivity index is 2.44. The topological polar surface area (TPSA) is 46.9 Å². The molecule has 0 radical (unpaired) electrons. The van der Waals surface area contributed by atoms with Crippen molar-refractivity contribution >= 4 is 5.95 Å². The zero-order valence-corrected chi connectivity index (χ0v) is 7.71. The Hall–Kier alpha value is -1.32. The lowest BCUT2D eigenvalue weighted by Crippen LogP contribution is -2.19. The molecular formula is C9H13N3O. The number of fused-ring (bicyclic) bond motifs is 1. The summed E-state index contributed by atoms with van der Waals surface area (Å²) in [7, 11) is 0. The van der Waals surface area contributed by atoms with E-state index in [1.807, 2.05) is 0 Å². The Labute approximate surface area is 76.6 Å². The predicted molar refractivity (Wildman–Crippen MR) is 51.0 cm³/mol. The average molecular weight is 179 g/mol. The van der Waals surface area contributed by atoms with Gasteiger partial charge in [-0.25, -0.2) is 4.98 Å². The second-order valence-corrected chi connectivity index (χ2v) is 3.24. The first-order chi connectivity index (χ1) is 6.31. The molecule has 1 N–H and O–H groups in total. The fraction of sp³-hybridized carbons (Fsp3) is 0.556. The van der Waals surface area contributed by atoms with Gasteiger partial charge in [0.15, 0.2) is 0 Å². The minimum atomic E-state index is 0.0680. The second kappa shape index (κ2) is 3.20. The van der Waals surface area contributed by atoms with E-state index in [1.54, 1.807) is 10.6 Å². The number of hydrogen-bond acceptors (Lipinski definition) is 3. The Bertz CT molecular complexity index is 370. The van der Waals surface area contributed by atoms with E-state index in [4.69, 9.17) is 0 Å². The normalized spacial score (nSPS) is 13.9. The smallest absolute Gasteiger partial charge is 0.255 e. The largest absolute Gasteiger partial charge is 0.354 e. The number of nitrogens with zero attached hydrogens (tertiary/aromatic N) is 2. The Morgan fingerprint density at radius 3 is 3.31 bits per heavy atom. The van der Waals surface area contributed by atoms with E-state index in [0.717, 1.165) is 37.6 Å². The third-order valence-electron chi connectivity index (χ3n) is 2.19. The summed E-state index contributed by atoms with van der Waals surface area (Å²) < 4.78 is 1.68. The summed E-state index contributed by atoms with van der Waals surface area (Å²) in [4.78, 5) is 15.8. The number of anilines is 1. The van der Waals surface area contributed by atoms with E-state index >= 15 is 0 Å². The first-order valence-corrected chi connectivity index (χ1v) is 4.66. The molecule has 0 aliphatic carbocycles. The highest BCUT2D eigenvalue weighted by molar-refractivity contribution is 5.31. The maximum Gasteiger partial charge on any atom is 0.255 e. The Kier molecular flexibility index (Phi) is 2.04. The maximum absolute atomic E-state index is 11.5. The molecule has 1 aromatic rings. The van der Waals surface area contributed by atoms with Crippen molar-refractivity contribution in [3.63, 3.8) is 0 Å². The lowest BCUT2D eigenvalue weighted by atomic mass is 10.2. The third kappa shape index (κ3) is 1.43. The molecule has 0 saturated heterocycles. The van der Waals surface area contributed by atoms with Crippen molar-refractivity contribution in [2.75, 3.05) is 11.9 Å². The van der Waals surface area contributed by atoms with Gasteiger partial charge in [0.25, 0.3) is 5.56 Å². The van der Waals surface area contributed by atoms with Crippen molar-refractivity contribution in [2.45, 2.75) is 26.3 Å². The molecule has 70 valence electrons. The minimum Gasteiger partial charge on any atom is -0.354 e. The van der Waals surface area contributed by atoms with Gasteiger partial charge in [0.1, 0.15) is 0 Å². The van der Waals surface area contributed by atoms with Crippen LogP contribution in [0.3, 0.4) is 0 Å². The number of aromatic nitrogens is 2. The molecule has 13 heavy (non-hydrogen) atoms. The lowest BCUT2D eigenvalue weighted by molar-refractivity contribution is 0.747. The molecular weight excluding hydrogens is 166 g/mol. The predicted octanol–water partition coefficient (Wildman–Crippen LogP) is 0.621. The summed E-state index contributed by atoms with van der Waals surface area (Å²) in [6.07, 6.45) is 1.90. The van der Waals surface area contributed by atoms with Crippen molar-refractivity contribution in [2.24, 2.45) is 0 Å². The third-order valence-corrected chi connectivity index (χ3v) is 2.19. The van der Waals surface area contributed by atoms with E-state index in [2.05, 4.69) is 17.2 Å². The SMILES string of the molecule is CCCc1cc(=O)n2c(n1)NCC2. The first-order valence-electron chi connectivity index (χ1n) is 4.66. The Morgan fingerprint density at radius 2 is 2.54 bits per heavy atom. The van der Waals surface area contributed by atoms with Crippen LogP contribution in [0.2, 0.25) is 0 Å². The van der Waals surface area contributed by atoms with E-state index < -0.39 is 0 Å². The lowest BCUT2D eigenvalue weighted by Gasteiger charge is -2.03. The highest BCUT2D eigenvalue weighted by Crippen LogP contribution is 2.08. The van der Waals surface area contributed by atoms with Crippen LogP contribution in [0.15, 0.2) is 10.9 Å². The molecule has 0 bridgehead atoms. The van der Waals surface area contributed by atoms with Crippen molar-refractivity contribution in [1.29, 1.82) is 0 Å². The monoisotopic (exact) mass is 179 g/mol. The Morgan fingerprint density at radius 1 is 1.69 bits per heavy atom. The van der Waals surface area contributed by atoms with Gasteiger partial charge in [-0.05, 0) is 6.42 Å². The van der Waals surface area contributed by atoms with Crippen LogP contribution < -0.4 is 10.9 Å². The molecule has 0 spiro atoms. The van der Waals surface area contributed by atoms with Crippen LogP contribution in [-0.2, 0) is 13.0 Å². The zero-order valence-electron chi connectivity index (χ0n) is 7.71. The van der Waals surface area contributed by atoms with Gasteiger partial charge in [-0.15, -0.1) is 0 Å². The zero-order chi connectivity index (χ0) is 9.26. The molecule has 0 atom stereocenters. The van der Waals surface area contributed by atoms with Crippen molar-refractivity contribution in [3.8, 4) is 0 Å². The van der Waals surface area contributed by atoms with E-state index in [9.17, 15) is 4.79 Å². The number of nitrogens with one attached hydrogen (secondary N) is 1. The van der Waals surface area contributed by atoms with Crippen molar-refractivity contribution < 1.29 is 0 Å². The van der Waals surface area contributed by atoms with Gasteiger partial charge in [0, 0.05) is 24.8 Å². The van der Waals surface area contributed by atoms with E-state index in [0.29, 0.717) is 0 Å². The standard InChI is InChI=1S/C9H13N3O/c1-2-3-7-6-8(13)12-5-4-10-9(12)11-7/h6H,2-5H2,1H3,(H,10,11). The summed E-state index contributed by atoms with van der Waals surface area (Å²) in [5, 5.41) is 3.09. The van der Waals surface area contributed by atoms with Gasteiger partial charge in [-0.1, -0.05) is 13.3 Å².